The van der Waals surface area contributed by atoms with Gasteiger partial charge in [0.25, 0.3) is 5.69 Å². The maximum absolute atomic E-state index is 11.9. The lowest BCUT2D eigenvalue weighted by Gasteiger charge is -2.18. The predicted molar refractivity (Wildman–Crippen MR) is 65.1 cm³/mol. The molecule has 1 saturated carbocycles. The maximum atomic E-state index is 11.9. The molecule has 2 aliphatic rings. The third-order valence-corrected chi connectivity index (χ3v) is 3.89. The summed E-state index contributed by atoms with van der Waals surface area (Å²) in [5, 5.41) is 20.5. The van der Waals surface area contributed by atoms with E-state index in [1.807, 2.05) is 24.3 Å². The molecule has 1 aromatic carbocycles. The Morgan fingerprint density at radius 3 is 2.47 bits per heavy atom. The van der Waals surface area contributed by atoms with Gasteiger partial charge in [-0.1, -0.05) is 28.8 Å². The monoisotopic (exact) mass is 293 g/mol. The van der Waals surface area contributed by atoms with E-state index in [9.17, 15) is 5.11 Å². The van der Waals surface area contributed by atoms with Gasteiger partial charge in [-0.05, 0) is 25.0 Å². The Balaban J connectivity index is 1.98. The zero-order chi connectivity index (χ0) is 11.9. The molecule has 0 bridgehead atoms. The Morgan fingerprint density at radius 2 is 1.82 bits per heavy atom. The number of hydrazone groups is 1. The van der Waals surface area contributed by atoms with E-state index in [-0.39, 0.29) is 5.90 Å². The van der Waals surface area contributed by atoms with E-state index in [1.54, 1.807) is 0 Å². The molecule has 1 spiro atoms. The average molecular weight is 294 g/mol. The molecule has 0 N–H and O–H groups in total. The molecule has 1 aromatic rings. The fourth-order valence-electron chi connectivity index (χ4n) is 2.39. The first-order valence-electron chi connectivity index (χ1n) is 5.74. The van der Waals surface area contributed by atoms with Gasteiger partial charge >= 0.3 is 0 Å². The summed E-state index contributed by atoms with van der Waals surface area (Å²) in [6, 6.07) is 7.64. The molecule has 4 nitrogen and oxygen atoms in total. The highest BCUT2D eigenvalue weighted by Crippen LogP contribution is 2.37. The first-order valence-corrected chi connectivity index (χ1v) is 6.54. The average Bonchev–Trinajstić information content (AvgIpc) is 2.90. The van der Waals surface area contributed by atoms with Crippen LogP contribution in [-0.4, -0.2) is 16.2 Å². The van der Waals surface area contributed by atoms with E-state index in [0.717, 1.165) is 35.8 Å². The number of hydrogen-bond acceptors (Lipinski definition) is 3. The van der Waals surface area contributed by atoms with Crippen molar-refractivity contribution in [2.24, 2.45) is 10.2 Å². The Hall–Kier alpha value is -1.23. The summed E-state index contributed by atoms with van der Waals surface area (Å²) in [5.74, 6) is -0.0853. The largest absolute Gasteiger partial charge is 0.856 e. The molecule has 1 heterocycles. The van der Waals surface area contributed by atoms with Crippen LogP contribution in [0.2, 0.25) is 0 Å². The maximum Gasteiger partial charge on any atom is 0.268 e. The van der Waals surface area contributed by atoms with Gasteiger partial charge < -0.3 is 5.11 Å². The third-order valence-electron chi connectivity index (χ3n) is 3.36. The highest BCUT2D eigenvalue weighted by molar-refractivity contribution is 9.10. The second kappa shape index (κ2) is 3.91. The lowest BCUT2D eigenvalue weighted by atomic mass is 10.00. The Kier molecular flexibility index (Phi) is 2.50. The summed E-state index contributed by atoms with van der Waals surface area (Å²) in [6.45, 7) is 0. The molecule has 88 valence electrons. The molecular weight excluding hydrogens is 282 g/mol. The minimum absolute atomic E-state index is 0.0853. The first-order chi connectivity index (χ1) is 8.20. The van der Waals surface area contributed by atoms with E-state index in [2.05, 4.69) is 26.1 Å². The second-order valence-electron chi connectivity index (χ2n) is 4.51. The van der Waals surface area contributed by atoms with Gasteiger partial charge in [-0.25, -0.2) is 0 Å². The number of benzene rings is 1. The third kappa shape index (κ3) is 1.78. The molecule has 3 rings (SSSR count). The molecule has 0 atom stereocenters. The number of hydrogen-bond donors (Lipinski definition) is 0. The Bertz CT molecular complexity index is 501. The van der Waals surface area contributed by atoms with Crippen molar-refractivity contribution in [2.45, 2.75) is 31.2 Å². The van der Waals surface area contributed by atoms with Crippen molar-refractivity contribution in [3.63, 3.8) is 0 Å². The minimum Gasteiger partial charge on any atom is -0.856 e. The quantitative estimate of drug-likeness (QED) is 0.734. The summed E-state index contributed by atoms with van der Waals surface area (Å²) in [4.78, 5) is 1.49. The zero-order valence-electron chi connectivity index (χ0n) is 9.27. The minimum atomic E-state index is -0.549. The molecule has 0 aromatic heterocycles. The van der Waals surface area contributed by atoms with E-state index in [0.29, 0.717) is 0 Å². The normalized spacial score (nSPS) is 21.7. The van der Waals surface area contributed by atoms with E-state index >= 15 is 0 Å². The van der Waals surface area contributed by atoms with Crippen LogP contribution >= 0.6 is 15.9 Å². The number of nitrogens with zero attached hydrogens (tertiary/aromatic N) is 3. The summed E-state index contributed by atoms with van der Waals surface area (Å²) in [6.07, 6.45) is 3.81. The molecule has 0 saturated heterocycles. The van der Waals surface area contributed by atoms with Crippen LogP contribution in [0.25, 0.3) is 0 Å². The van der Waals surface area contributed by atoms with Gasteiger partial charge in [0.1, 0.15) is 0 Å². The van der Waals surface area contributed by atoms with Crippen molar-refractivity contribution in [3.05, 3.63) is 28.7 Å². The van der Waals surface area contributed by atoms with Crippen LogP contribution < -0.4 is 5.11 Å². The molecule has 0 unspecified atom stereocenters. The van der Waals surface area contributed by atoms with Crippen molar-refractivity contribution >= 4 is 27.5 Å². The summed E-state index contributed by atoms with van der Waals surface area (Å²) < 4.78 is 1.00. The fourth-order valence-corrected chi connectivity index (χ4v) is 2.65. The highest BCUT2D eigenvalue weighted by Gasteiger charge is 2.44. The van der Waals surface area contributed by atoms with Crippen molar-refractivity contribution in [1.29, 1.82) is 0 Å². The fraction of sp³-hybridized carbons (Fsp3) is 0.417. The molecule has 0 amide bonds. The van der Waals surface area contributed by atoms with Crippen molar-refractivity contribution < 1.29 is 9.91 Å². The lowest BCUT2D eigenvalue weighted by Crippen LogP contribution is -2.39. The van der Waals surface area contributed by atoms with Crippen LogP contribution in [-0.2, 0) is 0 Å². The van der Waals surface area contributed by atoms with Crippen LogP contribution in [0.4, 0.5) is 5.69 Å². The number of halogens is 1. The van der Waals surface area contributed by atoms with Crippen LogP contribution in [0.3, 0.4) is 0 Å². The molecular formula is C12H12BrN3O. The van der Waals surface area contributed by atoms with Crippen LogP contribution in [0, 0.1) is 0 Å². The van der Waals surface area contributed by atoms with E-state index < -0.39 is 5.54 Å². The van der Waals surface area contributed by atoms with Gasteiger partial charge in [-0.2, -0.15) is 0 Å². The molecule has 1 aliphatic heterocycles. The zero-order valence-corrected chi connectivity index (χ0v) is 10.9. The second-order valence-corrected chi connectivity index (χ2v) is 5.43. The molecule has 0 radical (unpaired) electrons. The van der Waals surface area contributed by atoms with Crippen LogP contribution in [0.15, 0.2) is 39.0 Å². The van der Waals surface area contributed by atoms with Gasteiger partial charge in [0, 0.05) is 26.8 Å². The summed E-state index contributed by atoms with van der Waals surface area (Å²) in [7, 11) is 0. The highest BCUT2D eigenvalue weighted by atomic mass is 79.9. The van der Waals surface area contributed by atoms with Crippen molar-refractivity contribution in [1.82, 2.24) is 0 Å². The van der Waals surface area contributed by atoms with E-state index in [4.69, 9.17) is 0 Å². The predicted octanol–water partition coefficient (Wildman–Crippen LogP) is 2.55. The van der Waals surface area contributed by atoms with Crippen LogP contribution in [0.5, 0.6) is 0 Å². The van der Waals surface area contributed by atoms with Crippen molar-refractivity contribution in [3.8, 4) is 0 Å². The van der Waals surface area contributed by atoms with Crippen LogP contribution in [0.1, 0.15) is 25.7 Å². The Morgan fingerprint density at radius 1 is 1.18 bits per heavy atom. The van der Waals surface area contributed by atoms with Gasteiger partial charge in [-0.3, -0.25) is 0 Å². The molecule has 5 heteroatoms. The summed E-state index contributed by atoms with van der Waals surface area (Å²) in [5.41, 5.74) is 0.290. The number of azo groups is 1. The smallest absolute Gasteiger partial charge is 0.268 e. The van der Waals surface area contributed by atoms with Gasteiger partial charge in [0.2, 0.25) is 0 Å². The van der Waals surface area contributed by atoms with Gasteiger partial charge in [-0.15, -0.1) is 0 Å². The molecule has 17 heavy (non-hydrogen) atoms. The molecule has 1 aliphatic carbocycles. The van der Waals surface area contributed by atoms with Gasteiger partial charge in [0.15, 0.2) is 5.54 Å². The van der Waals surface area contributed by atoms with E-state index in [1.165, 1.54) is 4.81 Å². The SMILES string of the molecule is [O-]C1=N[N+](c2ccc(Br)cc2)=NC12CCCC2. The lowest BCUT2D eigenvalue weighted by molar-refractivity contribution is -0.517. The standard InChI is InChI=1S/C12H12BrN3O/c13-9-3-5-10(6-4-9)16-14-11(17)12(15-16)7-1-2-8-12/h3-6H,1-2,7-8H2. The van der Waals surface area contributed by atoms with Gasteiger partial charge in [0.05, 0.1) is 10.7 Å². The summed E-state index contributed by atoms with van der Waals surface area (Å²) >= 11 is 3.38. The van der Waals surface area contributed by atoms with Crippen molar-refractivity contribution in [2.75, 3.05) is 0 Å². The topological polar surface area (TPSA) is 50.8 Å². The first kappa shape index (κ1) is 10.9. The number of rotatable bonds is 1. The molecule has 1 fully saturated rings. The Labute approximate surface area is 108 Å².